The first-order chi connectivity index (χ1) is 18.3. The summed E-state index contributed by atoms with van der Waals surface area (Å²) in [5.41, 5.74) is 1.04. The molecule has 0 aliphatic carbocycles. The molecule has 1 atom stereocenters. The lowest BCUT2D eigenvalue weighted by atomic mass is 9.98. The van der Waals surface area contributed by atoms with Crippen LogP contribution >= 0.6 is 23.2 Å². The van der Waals surface area contributed by atoms with E-state index in [1.807, 2.05) is 13.8 Å². The highest BCUT2D eigenvalue weighted by molar-refractivity contribution is 6.32. The third-order valence-corrected chi connectivity index (χ3v) is 8.46. The maximum Gasteiger partial charge on any atom is 0.281 e. The van der Waals surface area contributed by atoms with E-state index in [-0.39, 0.29) is 22.0 Å². The summed E-state index contributed by atoms with van der Waals surface area (Å²) in [7, 11) is 0. The molecule has 2 saturated heterocycles. The van der Waals surface area contributed by atoms with Crippen molar-refractivity contribution in [2.24, 2.45) is 0 Å². The van der Waals surface area contributed by atoms with E-state index in [4.69, 9.17) is 28.2 Å². The van der Waals surface area contributed by atoms with Crippen molar-refractivity contribution in [2.45, 2.75) is 65.2 Å². The molecule has 2 aliphatic rings. The van der Waals surface area contributed by atoms with Crippen molar-refractivity contribution in [3.63, 3.8) is 0 Å². The van der Waals surface area contributed by atoms with Crippen LogP contribution in [0.25, 0.3) is 11.2 Å². The Morgan fingerprint density at radius 1 is 1.05 bits per heavy atom. The minimum atomic E-state index is -0.237. The molecule has 2 aromatic heterocycles. The van der Waals surface area contributed by atoms with Gasteiger partial charge < -0.3 is 4.90 Å². The Hall–Kier alpha value is -2.33. The third-order valence-electron chi connectivity index (χ3n) is 7.97. The normalized spacial score (nSPS) is 19.9. The summed E-state index contributed by atoms with van der Waals surface area (Å²) < 4.78 is 15.9. The summed E-state index contributed by atoms with van der Waals surface area (Å²) in [6.07, 6.45) is 3.11. The number of piperazine rings is 1. The van der Waals surface area contributed by atoms with Crippen LogP contribution < -0.4 is 10.5 Å². The van der Waals surface area contributed by atoms with Crippen LogP contribution in [-0.4, -0.2) is 74.1 Å². The summed E-state index contributed by atoms with van der Waals surface area (Å²) in [4.78, 5) is 33.6. The second kappa shape index (κ2) is 11.4. The van der Waals surface area contributed by atoms with E-state index in [2.05, 4.69) is 31.6 Å². The minimum Gasteiger partial charge on any atom is -0.351 e. The van der Waals surface area contributed by atoms with Crippen LogP contribution in [0.4, 0.5) is 10.2 Å². The van der Waals surface area contributed by atoms with Gasteiger partial charge in [-0.15, -0.1) is 0 Å². The van der Waals surface area contributed by atoms with Crippen LogP contribution in [0, 0.1) is 12.7 Å². The smallest absolute Gasteiger partial charge is 0.281 e. The lowest BCUT2D eigenvalue weighted by Gasteiger charge is -2.47. The van der Waals surface area contributed by atoms with Gasteiger partial charge in [0, 0.05) is 55.4 Å². The molecular formula is C27H34Cl2FN7O. The average Bonchev–Trinajstić information content (AvgIpc) is 2.91. The number of anilines is 1. The van der Waals surface area contributed by atoms with Gasteiger partial charge in [-0.05, 0) is 58.3 Å². The van der Waals surface area contributed by atoms with Crippen LogP contribution in [0.1, 0.15) is 44.5 Å². The fraction of sp³-hybridized carbons (Fsp3) is 0.556. The van der Waals surface area contributed by atoms with E-state index < -0.39 is 0 Å². The molecule has 204 valence electrons. The first-order valence-corrected chi connectivity index (χ1v) is 14.2. The Bertz CT molecular complexity index is 1380. The van der Waals surface area contributed by atoms with Crippen LogP contribution in [0.15, 0.2) is 23.0 Å². The number of aromatic nitrogens is 4. The molecule has 0 bridgehead atoms. The Morgan fingerprint density at radius 3 is 2.50 bits per heavy atom. The number of hydrogen-bond acceptors (Lipinski definition) is 7. The summed E-state index contributed by atoms with van der Waals surface area (Å²) in [6, 6.07) is 5.77. The summed E-state index contributed by atoms with van der Waals surface area (Å²) in [5.74, 6) is 0.977. The lowest BCUT2D eigenvalue weighted by Crippen LogP contribution is -2.58. The summed E-state index contributed by atoms with van der Waals surface area (Å²) in [6.45, 7) is 11.4. The second-order valence-electron chi connectivity index (χ2n) is 10.2. The lowest BCUT2D eigenvalue weighted by molar-refractivity contribution is 0.0607. The zero-order chi connectivity index (χ0) is 27.0. The quantitative estimate of drug-likeness (QED) is 0.438. The molecule has 38 heavy (non-hydrogen) atoms. The highest BCUT2D eigenvalue weighted by atomic mass is 35.5. The SMILES string of the molecule is CC[C@H]1CN(c2nc3nc(C)n(CC)c(=O)c3nc2Cl)CCN1C1CCN(Cc2ccc(Cl)cc2F)CC1. The first-order valence-electron chi connectivity index (χ1n) is 13.4. The van der Waals surface area contributed by atoms with E-state index in [1.54, 1.807) is 16.7 Å². The number of aryl methyl sites for hydroxylation is 1. The van der Waals surface area contributed by atoms with Crippen molar-refractivity contribution in [3.05, 3.63) is 55.9 Å². The van der Waals surface area contributed by atoms with Gasteiger partial charge >= 0.3 is 0 Å². The topological polar surface area (TPSA) is 70.4 Å². The van der Waals surface area contributed by atoms with Gasteiger partial charge in [0.05, 0.1) is 0 Å². The van der Waals surface area contributed by atoms with E-state index in [0.29, 0.717) is 53.0 Å². The number of likely N-dealkylation sites (tertiary alicyclic amines) is 1. The van der Waals surface area contributed by atoms with E-state index in [1.165, 1.54) is 6.07 Å². The molecule has 2 aliphatic heterocycles. The van der Waals surface area contributed by atoms with Gasteiger partial charge in [-0.25, -0.2) is 19.3 Å². The zero-order valence-corrected chi connectivity index (χ0v) is 23.6. The fourth-order valence-electron chi connectivity index (χ4n) is 5.89. The molecule has 0 N–H and O–H groups in total. The zero-order valence-electron chi connectivity index (χ0n) is 22.1. The molecule has 5 rings (SSSR count). The van der Waals surface area contributed by atoms with Crippen molar-refractivity contribution in [3.8, 4) is 0 Å². The van der Waals surface area contributed by atoms with E-state index >= 15 is 0 Å². The van der Waals surface area contributed by atoms with Gasteiger partial charge in [-0.3, -0.25) is 19.2 Å². The van der Waals surface area contributed by atoms with Gasteiger partial charge in [-0.2, -0.15) is 0 Å². The van der Waals surface area contributed by atoms with Crippen LogP contribution in [0.2, 0.25) is 10.2 Å². The van der Waals surface area contributed by atoms with Crippen LogP contribution in [0.5, 0.6) is 0 Å². The van der Waals surface area contributed by atoms with E-state index in [0.717, 1.165) is 52.0 Å². The number of piperidine rings is 1. The molecule has 1 aromatic carbocycles. The molecule has 11 heteroatoms. The highest BCUT2D eigenvalue weighted by Gasteiger charge is 2.34. The van der Waals surface area contributed by atoms with Crippen LogP contribution in [-0.2, 0) is 13.1 Å². The molecule has 0 unspecified atom stereocenters. The van der Waals surface area contributed by atoms with Gasteiger partial charge in [0.2, 0.25) is 0 Å². The van der Waals surface area contributed by atoms with Crippen molar-refractivity contribution in [1.82, 2.24) is 29.3 Å². The summed E-state index contributed by atoms with van der Waals surface area (Å²) >= 11 is 12.5. The van der Waals surface area contributed by atoms with Crippen molar-refractivity contribution in [2.75, 3.05) is 37.6 Å². The van der Waals surface area contributed by atoms with Crippen molar-refractivity contribution in [1.29, 1.82) is 0 Å². The number of benzene rings is 1. The largest absolute Gasteiger partial charge is 0.351 e. The Balaban J connectivity index is 1.26. The van der Waals surface area contributed by atoms with Gasteiger partial charge in [-0.1, -0.05) is 36.2 Å². The molecule has 0 amide bonds. The molecule has 4 heterocycles. The van der Waals surface area contributed by atoms with Gasteiger partial charge in [0.1, 0.15) is 11.6 Å². The second-order valence-corrected chi connectivity index (χ2v) is 11.0. The Labute approximate surface area is 232 Å². The summed E-state index contributed by atoms with van der Waals surface area (Å²) in [5, 5.41) is 0.672. The molecule has 0 saturated carbocycles. The average molecular weight is 563 g/mol. The first kappa shape index (κ1) is 27.2. The Kier molecular flexibility index (Phi) is 8.19. The maximum atomic E-state index is 14.3. The van der Waals surface area contributed by atoms with Crippen molar-refractivity contribution >= 4 is 40.2 Å². The molecule has 0 spiro atoms. The van der Waals surface area contributed by atoms with Crippen LogP contribution in [0.3, 0.4) is 0 Å². The van der Waals surface area contributed by atoms with E-state index in [9.17, 15) is 9.18 Å². The van der Waals surface area contributed by atoms with Gasteiger partial charge in [0.25, 0.3) is 5.56 Å². The molecular weight excluding hydrogens is 528 g/mol. The maximum absolute atomic E-state index is 14.3. The molecule has 3 aromatic rings. The third kappa shape index (κ3) is 5.39. The number of rotatable bonds is 6. The minimum absolute atomic E-state index is 0.210. The van der Waals surface area contributed by atoms with Crippen molar-refractivity contribution < 1.29 is 4.39 Å². The number of nitrogens with zero attached hydrogens (tertiary/aromatic N) is 7. The Morgan fingerprint density at radius 2 is 1.82 bits per heavy atom. The standard InChI is InChI=1S/C27H34Cl2FN7O/c1-4-20-16-35(26-24(29)32-23-25(33-26)31-17(3)36(5-2)27(23)38)12-13-37(20)21-8-10-34(11-9-21)15-18-6-7-19(28)14-22(18)30/h6-7,14,20-21H,4-5,8-13,15-16H2,1-3H3/t20-/m0/s1. The number of halogens is 3. The van der Waals surface area contributed by atoms with Gasteiger partial charge in [0.15, 0.2) is 22.1 Å². The molecule has 2 fully saturated rings. The molecule has 0 radical (unpaired) electrons. The predicted molar refractivity (Wildman–Crippen MR) is 150 cm³/mol. The fourth-order valence-corrected chi connectivity index (χ4v) is 6.29. The predicted octanol–water partition coefficient (Wildman–Crippen LogP) is 4.53. The number of hydrogen-bond donors (Lipinski definition) is 0. The highest BCUT2D eigenvalue weighted by Crippen LogP contribution is 2.29. The monoisotopic (exact) mass is 561 g/mol. The number of fused-ring (bicyclic) bond motifs is 1. The molecule has 8 nitrogen and oxygen atoms in total.